The van der Waals surface area contributed by atoms with E-state index in [9.17, 15) is 19.3 Å². The van der Waals surface area contributed by atoms with Crippen molar-refractivity contribution >= 4 is 23.4 Å². The standard InChI is InChI=1S/C11H13FN2O4S/c1-18-11(15)9(13)6-19-5-7-4-8(12)2-3-10(7)14(16)17/h2-4,9H,5-6,13H2,1H3. The highest BCUT2D eigenvalue weighted by Crippen LogP contribution is 2.24. The number of nitro groups is 1. The average Bonchev–Trinajstić information content (AvgIpc) is 2.37. The number of hydrogen-bond acceptors (Lipinski definition) is 6. The molecule has 0 spiro atoms. The highest BCUT2D eigenvalue weighted by Gasteiger charge is 2.17. The molecule has 19 heavy (non-hydrogen) atoms. The Bertz CT molecular complexity index is 484. The fourth-order valence-electron chi connectivity index (χ4n) is 1.36. The lowest BCUT2D eigenvalue weighted by Crippen LogP contribution is -2.33. The molecule has 0 aromatic heterocycles. The number of hydrogen-bond donors (Lipinski definition) is 1. The molecule has 0 aliphatic rings. The first-order valence-corrected chi connectivity index (χ1v) is 6.45. The maximum atomic E-state index is 13.0. The first-order chi connectivity index (χ1) is 8.95. The summed E-state index contributed by atoms with van der Waals surface area (Å²) in [5, 5.41) is 10.8. The molecule has 0 saturated heterocycles. The molecule has 0 radical (unpaired) electrons. The predicted molar refractivity (Wildman–Crippen MR) is 69.2 cm³/mol. The molecule has 2 N–H and O–H groups in total. The van der Waals surface area contributed by atoms with Gasteiger partial charge in [0.05, 0.1) is 12.0 Å². The fourth-order valence-corrected chi connectivity index (χ4v) is 2.32. The molecule has 0 amide bonds. The number of ether oxygens (including phenoxy) is 1. The lowest BCUT2D eigenvalue weighted by molar-refractivity contribution is -0.385. The largest absolute Gasteiger partial charge is 0.468 e. The Balaban J connectivity index is 2.65. The van der Waals surface area contributed by atoms with Crippen LogP contribution in [0, 0.1) is 15.9 Å². The van der Waals surface area contributed by atoms with E-state index in [0.29, 0.717) is 0 Å². The van der Waals surface area contributed by atoms with Gasteiger partial charge in [-0.05, 0) is 12.1 Å². The number of carbonyl (C=O) groups is 1. The number of nitrogens with two attached hydrogens (primary N) is 1. The zero-order valence-corrected chi connectivity index (χ0v) is 11.0. The molecule has 0 heterocycles. The van der Waals surface area contributed by atoms with Crippen LogP contribution in [-0.2, 0) is 15.3 Å². The zero-order valence-electron chi connectivity index (χ0n) is 10.2. The van der Waals surface area contributed by atoms with Crippen LogP contribution in [-0.4, -0.2) is 29.8 Å². The van der Waals surface area contributed by atoms with Crippen LogP contribution in [0.2, 0.25) is 0 Å². The van der Waals surface area contributed by atoms with Crippen molar-refractivity contribution in [2.75, 3.05) is 12.9 Å². The van der Waals surface area contributed by atoms with E-state index in [0.717, 1.165) is 18.2 Å². The lowest BCUT2D eigenvalue weighted by Gasteiger charge is -2.08. The minimum Gasteiger partial charge on any atom is -0.468 e. The summed E-state index contributed by atoms with van der Waals surface area (Å²) < 4.78 is 17.5. The van der Waals surface area contributed by atoms with Crippen LogP contribution in [0.5, 0.6) is 0 Å². The summed E-state index contributed by atoms with van der Waals surface area (Å²) in [4.78, 5) is 21.2. The van der Waals surface area contributed by atoms with E-state index >= 15 is 0 Å². The topological polar surface area (TPSA) is 95.5 Å². The van der Waals surface area contributed by atoms with Crippen molar-refractivity contribution in [3.8, 4) is 0 Å². The van der Waals surface area contributed by atoms with Crippen LogP contribution < -0.4 is 5.73 Å². The van der Waals surface area contributed by atoms with Crippen LogP contribution in [0.4, 0.5) is 10.1 Å². The molecule has 0 aliphatic heterocycles. The molecule has 1 rings (SSSR count). The van der Waals surface area contributed by atoms with Gasteiger partial charge in [-0.2, -0.15) is 11.8 Å². The molecule has 1 unspecified atom stereocenters. The summed E-state index contributed by atoms with van der Waals surface area (Å²) in [6.07, 6.45) is 0. The Morgan fingerprint density at radius 2 is 2.32 bits per heavy atom. The molecule has 1 atom stereocenters. The number of nitrogens with zero attached hydrogens (tertiary/aromatic N) is 1. The van der Waals surface area contributed by atoms with Crippen LogP contribution in [0.15, 0.2) is 18.2 Å². The molecule has 0 fully saturated rings. The first kappa shape index (κ1) is 15.4. The molecule has 1 aromatic carbocycles. The first-order valence-electron chi connectivity index (χ1n) is 5.29. The van der Waals surface area contributed by atoms with Gasteiger partial charge in [-0.1, -0.05) is 0 Å². The Labute approximate surface area is 113 Å². The Morgan fingerprint density at radius 1 is 1.63 bits per heavy atom. The van der Waals surface area contributed by atoms with Gasteiger partial charge in [0.1, 0.15) is 11.9 Å². The Hall–Kier alpha value is -1.67. The maximum absolute atomic E-state index is 13.0. The van der Waals surface area contributed by atoms with Gasteiger partial charge in [0.2, 0.25) is 0 Å². The third-order valence-electron chi connectivity index (χ3n) is 2.30. The normalized spacial score (nSPS) is 11.9. The van der Waals surface area contributed by atoms with Gasteiger partial charge in [0, 0.05) is 23.1 Å². The zero-order chi connectivity index (χ0) is 14.4. The molecule has 0 aliphatic carbocycles. The van der Waals surface area contributed by atoms with Gasteiger partial charge in [0.25, 0.3) is 5.69 Å². The number of benzene rings is 1. The van der Waals surface area contributed by atoms with Crippen LogP contribution in [0.25, 0.3) is 0 Å². The van der Waals surface area contributed by atoms with Crippen molar-refractivity contribution in [1.82, 2.24) is 0 Å². The quantitative estimate of drug-likeness (QED) is 0.484. The Morgan fingerprint density at radius 3 is 2.89 bits per heavy atom. The van der Waals surface area contributed by atoms with Crippen molar-refractivity contribution in [1.29, 1.82) is 0 Å². The molecule has 104 valence electrons. The van der Waals surface area contributed by atoms with Gasteiger partial charge in [-0.15, -0.1) is 0 Å². The number of methoxy groups -OCH3 is 1. The van der Waals surface area contributed by atoms with Gasteiger partial charge < -0.3 is 10.5 Å². The van der Waals surface area contributed by atoms with Crippen LogP contribution in [0.1, 0.15) is 5.56 Å². The number of thioether (sulfide) groups is 1. The second kappa shape index (κ2) is 7.05. The minimum atomic E-state index is -0.803. The van der Waals surface area contributed by atoms with E-state index in [1.165, 1.54) is 18.9 Å². The van der Waals surface area contributed by atoms with Crippen LogP contribution >= 0.6 is 11.8 Å². The van der Waals surface area contributed by atoms with E-state index in [1.807, 2.05) is 0 Å². The summed E-state index contributed by atoms with van der Waals surface area (Å²) in [5.41, 5.74) is 5.62. The number of carbonyl (C=O) groups excluding carboxylic acids is 1. The van der Waals surface area contributed by atoms with Crippen molar-refractivity contribution in [2.24, 2.45) is 5.73 Å². The minimum absolute atomic E-state index is 0.152. The summed E-state index contributed by atoms with van der Waals surface area (Å²) in [5.74, 6) is -0.668. The summed E-state index contributed by atoms with van der Waals surface area (Å²) in [6, 6.07) is 2.45. The highest BCUT2D eigenvalue weighted by molar-refractivity contribution is 7.98. The van der Waals surface area contributed by atoms with E-state index in [1.54, 1.807) is 0 Å². The van der Waals surface area contributed by atoms with Crippen molar-refractivity contribution < 1.29 is 18.8 Å². The van der Waals surface area contributed by atoms with Crippen molar-refractivity contribution in [3.63, 3.8) is 0 Å². The smallest absolute Gasteiger partial charge is 0.323 e. The molecule has 6 nitrogen and oxygen atoms in total. The fraction of sp³-hybridized carbons (Fsp3) is 0.364. The summed E-state index contributed by atoms with van der Waals surface area (Å²) in [7, 11) is 1.23. The predicted octanol–water partition coefficient (Wildman–Crippen LogP) is 1.47. The molecular formula is C11H13FN2O4S. The number of nitro benzene ring substituents is 1. The van der Waals surface area contributed by atoms with E-state index in [2.05, 4.69) is 4.74 Å². The van der Waals surface area contributed by atoms with E-state index < -0.39 is 22.8 Å². The van der Waals surface area contributed by atoms with Gasteiger partial charge in [0.15, 0.2) is 0 Å². The lowest BCUT2D eigenvalue weighted by atomic mass is 10.2. The summed E-state index contributed by atoms with van der Waals surface area (Å²) >= 11 is 1.20. The Kier molecular flexibility index (Phi) is 5.71. The third-order valence-corrected chi connectivity index (χ3v) is 3.41. The number of halogens is 1. The molecule has 0 bridgehead atoms. The van der Waals surface area contributed by atoms with E-state index in [4.69, 9.17) is 5.73 Å². The summed E-state index contributed by atoms with van der Waals surface area (Å²) in [6.45, 7) is 0. The molecule has 8 heteroatoms. The third kappa shape index (κ3) is 4.49. The SMILES string of the molecule is COC(=O)C(N)CSCc1cc(F)ccc1[N+](=O)[O-]. The highest BCUT2D eigenvalue weighted by atomic mass is 32.2. The van der Waals surface area contributed by atoms with Gasteiger partial charge in [-0.3, -0.25) is 14.9 Å². The number of rotatable bonds is 6. The van der Waals surface area contributed by atoms with Crippen molar-refractivity contribution in [3.05, 3.63) is 39.7 Å². The van der Waals surface area contributed by atoms with Crippen LogP contribution in [0.3, 0.4) is 0 Å². The second-order valence-corrected chi connectivity index (χ2v) is 4.71. The van der Waals surface area contributed by atoms with Gasteiger partial charge >= 0.3 is 5.97 Å². The van der Waals surface area contributed by atoms with E-state index in [-0.39, 0.29) is 22.8 Å². The monoisotopic (exact) mass is 288 g/mol. The average molecular weight is 288 g/mol. The molecular weight excluding hydrogens is 275 g/mol. The number of esters is 1. The van der Waals surface area contributed by atoms with Gasteiger partial charge in [-0.25, -0.2) is 4.39 Å². The maximum Gasteiger partial charge on any atom is 0.323 e. The second-order valence-electron chi connectivity index (χ2n) is 3.67. The van der Waals surface area contributed by atoms with Crippen molar-refractivity contribution in [2.45, 2.75) is 11.8 Å². The molecule has 0 saturated carbocycles. The molecule has 1 aromatic rings.